The summed E-state index contributed by atoms with van der Waals surface area (Å²) in [5.41, 5.74) is 1.56. The fourth-order valence-electron chi connectivity index (χ4n) is 2.86. The van der Waals surface area contributed by atoms with Gasteiger partial charge in [0.05, 0.1) is 37.2 Å². The Kier molecular flexibility index (Phi) is 5.26. The molecule has 0 spiro atoms. The first kappa shape index (κ1) is 17.0. The first-order valence-electron chi connectivity index (χ1n) is 7.96. The highest BCUT2D eigenvalue weighted by Gasteiger charge is 2.40. The molecular formula is C18H22N2O3S. The molecule has 1 aliphatic heterocycles. The topological polar surface area (TPSA) is 53.3 Å². The quantitative estimate of drug-likeness (QED) is 0.721. The van der Waals surface area contributed by atoms with Crippen molar-refractivity contribution in [1.82, 2.24) is 9.55 Å². The lowest BCUT2D eigenvalue weighted by Gasteiger charge is -2.40. The maximum absolute atomic E-state index is 12.5. The van der Waals surface area contributed by atoms with Crippen molar-refractivity contribution in [1.29, 1.82) is 0 Å². The summed E-state index contributed by atoms with van der Waals surface area (Å²) in [4.78, 5) is 16.7. The normalized spacial score (nSPS) is 17.1. The highest BCUT2D eigenvalue weighted by Crippen LogP contribution is 2.31. The number of carbonyl (C=O) groups excluding carboxylic acids is 1. The molecule has 2 aromatic rings. The Morgan fingerprint density at radius 1 is 1.42 bits per heavy atom. The van der Waals surface area contributed by atoms with Gasteiger partial charge in [-0.15, -0.1) is 0 Å². The largest absolute Gasteiger partial charge is 0.460 e. The number of nitrogens with zero attached hydrogens (tertiary/aromatic N) is 2. The van der Waals surface area contributed by atoms with Crippen molar-refractivity contribution in [2.45, 2.75) is 13.0 Å². The molecule has 3 rings (SSSR count). The first-order chi connectivity index (χ1) is 11.7. The van der Waals surface area contributed by atoms with E-state index in [2.05, 4.69) is 11.2 Å². The fourth-order valence-corrected chi connectivity index (χ4v) is 3.72. The van der Waals surface area contributed by atoms with Gasteiger partial charge in [0.2, 0.25) is 0 Å². The van der Waals surface area contributed by atoms with Crippen LogP contribution < -0.4 is 0 Å². The molecular weight excluding hydrogens is 324 g/mol. The van der Waals surface area contributed by atoms with Crippen LogP contribution in [0.5, 0.6) is 0 Å². The second-order valence-electron chi connectivity index (χ2n) is 6.27. The van der Waals surface area contributed by atoms with Crippen LogP contribution in [0.15, 0.2) is 42.9 Å². The van der Waals surface area contributed by atoms with Crippen LogP contribution in [-0.4, -0.2) is 47.3 Å². The van der Waals surface area contributed by atoms with Crippen LogP contribution in [0.4, 0.5) is 0 Å². The highest BCUT2D eigenvalue weighted by molar-refractivity contribution is 7.98. The molecule has 1 saturated heterocycles. The Labute approximate surface area is 146 Å². The van der Waals surface area contributed by atoms with Gasteiger partial charge in [0.15, 0.2) is 0 Å². The second-order valence-corrected chi connectivity index (χ2v) is 7.14. The molecule has 24 heavy (non-hydrogen) atoms. The molecule has 1 atom stereocenters. The molecule has 0 amide bonds. The summed E-state index contributed by atoms with van der Waals surface area (Å²) in [6, 6.07) is 10.1. The molecule has 1 aromatic heterocycles. The lowest BCUT2D eigenvalue weighted by molar-refractivity contribution is -0.124. The SMILES string of the molecule is CSCC1(COC(=O)c2cncn2[C@H](C)c2ccccc2)COC1. The van der Waals surface area contributed by atoms with E-state index in [4.69, 9.17) is 9.47 Å². The molecule has 0 saturated carbocycles. The number of benzene rings is 1. The van der Waals surface area contributed by atoms with Crippen LogP contribution in [0.25, 0.3) is 0 Å². The zero-order chi connectivity index (χ0) is 17.0. The molecule has 0 bridgehead atoms. The number of imidazole rings is 1. The molecule has 0 aliphatic carbocycles. The number of rotatable bonds is 7. The number of hydrogen-bond acceptors (Lipinski definition) is 5. The smallest absolute Gasteiger partial charge is 0.356 e. The minimum atomic E-state index is -0.331. The molecule has 0 unspecified atom stereocenters. The van der Waals surface area contributed by atoms with Crippen molar-refractivity contribution in [3.63, 3.8) is 0 Å². The predicted molar refractivity (Wildman–Crippen MR) is 94.4 cm³/mol. The van der Waals surface area contributed by atoms with Crippen LogP contribution in [0, 0.1) is 5.41 Å². The van der Waals surface area contributed by atoms with Crippen molar-refractivity contribution in [3.8, 4) is 0 Å². The number of thioether (sulfide) groups is 1. The number of aromatic nitrogens is 2. The minimum absolute atomic E-state index is 0.0171. The van der Waals surface area contributed by atoms with Gasteiger partial charge in [0, 0.05) is 5.75 Å². The lowest BCUT2D eigenvalue weighted by atomic mass is 9.89. The monoisotopic (exact) mass is 346 g/mol. The van der Waals surface area contributed by atoms with E-state index in [1.165, 1.54) is 0 Å². The molecule has 0 radical (unpaired) electrons. The zero-order valence-corrected chi connectivity index (χ0v) is 14.8. The average molecular weight is 346 g/mol. The summed E-state index contributed by atoms with van der Waals surface area (Å²) >= 11 is 1.75. The van der Waals surface area contributed by atoms with Crippen LogP contribution >= 0.6 is 11.8 Å². The number of esters is 1. The maximum atomic E-state index is 12.5. The summed E-state index contributed by atoms with van der Waals surface area (Å²) in [7, 11) is 0. The third-order valence-corrected chi connectivity index (χ3v) is 5.25. The third kappa shape index (κ3) is 3.49. The van der Waals surface area contributed by atoms with Crippen LogP contribution in [-0.2, 0) is 9.47 Å². The molecule has 2 heterocycles. The van der Waals surface area contributed by atoms with Crippen LogP contribution in [0.1, 0.15) is 29.0 Å². The molecule has 128 valence electrons. The van der Waals surface area contributed by atoms with Crippen LogP contribution in [0.2, 0.25) is 0 Å². The van der Waals surface area contributed by atoms with Crippen molar-refractivity contribution >= 4 is 17.7 Å². The summed E-state index contributed by atoms with van der Waals surface area (Å²) in [6.45, 7) is 3.74. The number of ether oxygens (including phenoxy) is 2. The second kappa shape index (κ2) is 7.40. The molecule has 1 aliphatic rings. The third-order valence-electron chi connectivity index (χ3n) is 4.35. The van der Waals surface area contributed by atoms with Gasteiger partial charge in [0.25, 0.3) is 0 Å². The van der Waals surface area contributed by atoms with Gasteiger partial charge in [-0.05, 0) is 18.7 Å². The fraction of sp³-hybridized carbons (Fsp3) is 0.444. The molecule has 1 aromatic carbocycles. The number of carbonyl (C=O) groups is 1. The van der Waals surface area contributed by atoms with E-state index in [-0.39, 0.29) is 17.4 Å². The Morgan fingerprint density at radius 3 is 2.79 bits per heavy atom. The van der Waals surface area contributed by atoms with Crippen molar-refractivity contribution in [2.75, 3.05) is 31.8 Å². The highest BCUT2D eigenvalue weighted by atomic mass is 32.2. The first-order valence-corrected chi connectivity index (χ1v) is 9.35. The van der Waals surface area contributed by atoms with E-state index < -0.39 is 0 Å². The van der Waals surface area contributed by atoms with Gasteiger partial charge < -0.3 is 14.0 Å². The Balaban J connectivity index is 1.69. The van der Waals surface area contributed by atoms with Gasteiger partial charge in [-0.2, -0.15) is 11.8 Å². The summed E-state index contributed by atoms with van der Waals surface area (Å²) in [6.07, 6.45) is 5.30. The molecule has 1 fully saturated rings. The Hall–Kier alpha value is -1.79. The van der Waals surface area contributed by atoms with E-state index in [1.54, 1.807) is 24.3 Å². The van der Waals surface area contributed by atoms with E-state index in [0.717, 1.165) is 11.3 Å². The van der Waals surface area contributed by atoms with E-state index in [0.29, 0.717) is 25.5 Å². The minimum Gasteiger partial charge on any atom is -0.460 e. The number of hydrogen-bond donors (Lipinski definition) is 0. The van der Waals surface area contributed by atoms with Gasteiger partial charge >= 0.3 is 5.97 Å². The average Bonchev–Trinajstić information content (AvgIpc) is 3.06. The summed E-state index contributed by atoms with van der Waals surface area (Å²) in [5, 5.41) is 0. The van der Waals surface area contributed by atoms with Gasteiger partial charge in [-0.25, -0.2) is 9.78 Å². The predicted octanol–water partition coefficient (Wildman–Crippen LogP) is 3.03. The summed E-state index contributed by atoms with van der Waals surface area (Å²) < 4.78 is 12.7. The Morgan fingerprint density at radius 2 is 2.17 bits per heavy atom. The van der Waals surface area contributed by atoms with Crippen LogP contribution in [0.3, 0.4) is 0 Å². The molecule has 0 N–H and O–H groups in total. The van der Waals surface area contributed by atoms with Crippen molar-refractivity contribution in [2.24, 2.45) is 5.41 Å². The van der Waals surface area contributed by atoms with E-state index in [1.807, 2.05) is 41.8 Å². The Bertz CT molecular complexity index is 683. The molecule has 6 heteroatoms. The maximum Gasteiger partial charge on any atom is 0.356 e. The van der Waals surface area contributed by atoms with Gasteiger partial charge in [0.1, 0.15) is 12.3 Å². The standard InChI is InChI=1S/C18H22N2O3S/c1-14(15-6-4-3-5-7-15)20-13-19-8-16(20)17(21)23-11-18(12-24-2)9-22-10-18/h3-8,13-14H,9-12H2,1-2H3/t14-/m1/s1. The van der Waals surface area contributed by atoms with Gasteiger partial charge in [-0.3, -0.25) is 0 Å². The van der Waals surface area contributed by atoms with E-state index in [9.17, 15) is 4.79 Å². The summed E-state index contributed by atoms with van der Waals surface area (Å²) in [5.74, 6) is 0.600. The van der Waals surface area contributed by atoms with Crippen molar-refractivity contribution in [3.05, 3.63) is 54.1 Å². The molecule has 5 nitrogen and oxygen atoms in total. The zero-order valence-electron chi connectivity index (χ0n) is 14.0. The van der Waals surface area contributed by atoms with E-state index >= 15 is 0 Å². The lowest BCUT2D eigenvalue weighted by Crippen LogP contribution is -2.48. The van der Waals surface area contributed by atoms with Crippen molar-refractivity contribution < 1.29 is 14.3 Å². The van der Waals surface area contributed by atoms with Gasteiger partial charge in [-0.1, -0.05) is 30.3 Å².